The summed E-state index contributed by atoms with van der Waals surface area (Å²) >= 11 is 24.3. The molecule has 0 aliphatic carbocycles. The van der Waals surface area contributed by atoms with Crippen LogP contribution in [-0.2, 0) is 0 Å². The average Bonchev–Trinajstić information content (AvgIpc) is 2.44. The second-order valence-electron chi connectivity index (χ2n) is 3.92. The number of hydrogen-bond acceptors (Lipinski definition) is 2. The summed E-state index contributed by atoms with van der Waals surface area (Å²) in [7, 11) is 1.49. The van der Waals surface area contributed by atoms with E-state index in [4.69, 9.17) is 51.1 Å². The van der Waals surface area contributed by atoms with Gasteiger partial charge >= 0.3 is 0 Å². The molecule has 0 aliphatic heterocycles. The van der Waals surface area contributed by atoms with E-state index in [1.165, 1.54) is 13.2 Å². The smallest absolute Gasteiger partial charge is 0.153 e. The van der Waals surface area contributed by atoms with E-state index in [1.54, 1.807) is 18.2 Å². The summed E-state index contributed by atoms with van der Waals surface area (Å²) in [6.45, 7) is 0. The summed E-state index contributed by atoms with van der Waals surface area (Å²) < 4.78 is 5.09. The largest absolute Gasteiger partial charge is 0.496 e. The van der Waals surface area contributed by atoms with Gasteiger partial charge in [-0.2, -0.15) is 0 Å². The zero-order chi connectivity index (χ0) is 14.9. The molecule has 2 aromatic carbocycles. The van der Waals surface area contributed by atoms with Crippen molar-refractivity contribution in [1.29, 1.82) is 0 Å². The van der Waals surface area contributed by atoms with Gasteiger partial charge in [-0.25, -0.2) is 0 Å². The maximum atomic E-state index is 11.1. The lowest BCUT2D eigenvalue weighted by molar-refractivity contribution is 0.112. The Morgan fingerprint density at radius 3 is 2.30 bits per heavy atom. The zero-order valence-corrected chi connectivity index (χ0v) is 13.2. The van der Waals surface area contributed by atoms with Gasteiger partial charge in [0.05, 0.1) is 32.8 Å². The molecule has 2 aromatic rings. The van der Waals surface area contributed by atoms with Gasteiger partial charge in [-0.1, -0.05) is 52.5 Å². The van der Waals surface area contributed by atoms with Crippen LogP contribution >= 0.6 is 46.4 Å². The lowest BCUT2D eigenvalue weighted by Gasteiger charge is -2.12. The number of rotatable bonds is 3. The number of carbonyl (C=O) groups excluding carboxylic acids is 1. The number of carbonyl (C=O) groups is 1. The molecule has 2 rings (SSSR count). The lowest BCUT2D eigenvalue weighted by atomic mass is 10.0. The van der Waals surface area contributed by atoms with Gasteiger partial charge in [-0.3, -0.25) is 4.79 Å². The highest BCUT2D eigenvalue weighted by Gasteiger charge is 2.16. The predicted octanol–water partition coefficient (Wildman–Crippen LogP) is 5.79. The molecule has 0 saturated carbocycles. The fourth-order valence-corrected chi connectivity index (χ4v) is 2.94. The summed E-state index contributed by atoms with van der Waals surface area (Å²) in [5.74, 6) is 0.469. The summed E-state index contributed by atoms with van der Waals surface area (Å²) in [6.07, 6.45) is 0.696. The Labute approximate surface area is 136 Å². The molecule has 104 valence electrons. The number of aldehydes is 1. The maximum Gasteiger partial charge on any atom is 0.153 e. The van der Waals surface area contributed by atoms with Crippen LogP contribution in [0.3, 0.4) is 0 Å². The number of benzene rings is 2. The van der Waals surface area contributed by atoms with Crippen LogP contribution in [0.1, 0.15) is 10.4 Å². The molecule has 0 N–H and O–H groups in total. The predicted molar refractivity (Wildman–Crippen MR) is 83.9 cm³/mol. The monoisotopic (exact) mass is 348 g/mol. The van der Waals surface area contributed by atoms with Crippen molar-refractivity contribution < 1.29 is 9.53 Å². The van der Waals surface area contributed by atoms with Crippen molar-refractivity contribution >= 4 is 52.7 Å². The second kappa shape index (κ2) is 6.23. The van der Waals surface area contributed by atoms with Crippen molar-refractivity contribution in [2.75, 3.05) is 7.11 Å². The van der Waals surface area contributed by atoms with E-state index in [-0.39, 0.29) is 15.1 Å². The molecule has 0 bridgehead atoms. The molecule has 0 spiro atoms. The first-order valence-electron chi connectivity index (χ1n) is 5.46. The first-order chi connectivity index (χ1) is 9.49. The van der Waals surface area contributed by atoms with Crippen LogP contribution in [0.25, 0.3) is 11.1 Å². The Hall–Kier alpha value is -0.930. The van der Waals surface area contributed by atoms with E-state index < -0.39 is 0 Å². The first-order valence-corrected chi connectivity index (χ1v) is 6.97. The van der Waals surface area contributed by atoms with Gasteiger partial charge in [0.25, 0.3) is 0 Å². The Bertz CT molecular complexity index is 683. The molecule has 0 atom stereocenters. The highest BCUT2D eigenvalue weighted by Crippen LogP contribution is 2.43. The number of halogens is 4. The topological polar surface area (TPSA) is 26.3 Å². The Morgan fingerprint density at radius 1 is 1.00 bits per heavy atom. The van der Waals surface area contributed by atoms with Gasteiger partial charge < -0.3 is 4.74 Å². The summed E-state index contributed by atoms with van der Waals surface area (Å²) in [5.41, 5.74) is 1.57. The maximum absolute atomic E-state index is 11.1. The third kappa shape index (κ3) is 2.75. The molecule has 0 aromatic heterocycles. The second-order valence-corrected chi connectivity index (χ2v) is 5.49. The molecular weight excluding hydrogens is 342 g/mol. The Kier molecular flexibility index (Phi) is 4.82. The molecule has 0 fully saturated rings. The molecule has 0 aliphatic rings. The molecule has 0 amide bonds. The SMILES string of the molecule is COc1ccc(-c2c(Cl)cc(Cl)c(Cl)c2Cl)cc1C=O. The molecular formula is C14H8Cl4O2. The molecule has 20 heavy (non-hydrogen) atoms. The minimum atomic E-state index is 0.219. The molecule has 0 heterocycles. The summed E-state index contributed by atoms with van der Waals surface area (Å²) in [4.78, 5) is 11.1. The lowest BCUT2D eigenvalue weighted by Crippen LogP contribution is -1.92. The van der Waals surface area contributed by atoms with Gasteiger partial charge in [0.15, 0.2) is 6.29 Å². The van der Waals surface area contributed by atoms with Gasteiger partial charge in [0.2, 0.25) is 0 Å². The minimum absolute atomic E-state index is 0.219. The van der Waals surface area contributed by atoms with Crippen molar-refractivity contribution in [2.45, 2.75) is 0 Å². The van der Waals surface area contributed by atoms with Crippen LogP contribution in [0.5, 0.6) is 5.75 Å². The van der Waals surface area contributed by atoms with E-state index >= 15 is 0 Å². The summed E-state index contributed by atoms with van der Waals surface area (Å²) in [5, 5.41) is 1.09. The van der Waals surface area contributed by atoms with E-state index in [2.05, 4.69) is 0 Å². The van der Waals surface area contributed by atoms with Crippen LogP contribution in [0.2, 0.25) is 20.1 Å². The third-order valence-electron chi connectivity index (χ3n) is 2.76. The molecule has 0 saturated heterocycles. The highest BCUT2D eigenvalue weighted by molar-refractivity contribution is 6.51. The van der Waals surface area contributed by atoms with Crippen molar-refractivity contribution in [3.63, 3.8) is 0 Å². The third-order valence-corrected chi connectivity index (χ3v) is 4.32. The summed E-state index contributed by atoms with van der Waals surface area (Å²) in [6, 6.07) is 6.54. The van der Waals surface area contributed by atoms with E-state index in [9.17, 15) is 4.79 Å². The minimum Gasteiger partial charge on any atom is -0.496 e. The molecule has 2 nitrogen and oxygen atoms in total. The quantitative estimate of drug-likeness (QED) is 0.398. The van der Waals surface area contributed by atoms with Crippen LogP contribution in [0, 0.1) is 0 Å². The first kappa shape index (κ1) is 15.5. The zero-order valence-electron chi connectivity index (χ0n) is 10.2. The van der Waals surface area contributed by atoms with Crippen LogP contribution in [-0.4, -0.2) is 13.4 Å². The van der Waals surface area contributed by atoms with Crippen molar-refractivity contribution in [1.82, 2.24) is 0 Å². The van der Waals surface area contributed by atoms with Crippen LogP contribution in [0.15, 0.2) is 24.3 Å². The fourth-order valence-electron chi connectivity index (χ4n) is 1.81. The Balaban J connectivity index is 2.69. The standard InChI is InChI=1S/C14H8Cl4O2/c1-20-11-3-2-7(4-8(11)6-19)12-9(15)5-10(16)13(17)14(12)18/h2-6H,1H3. The molecule has 6 heteroatoms. The van der Waals surface area contributed by atoms with Crippen LogP contribution in [0.4, 0.5) is 0 Å². The fraction of sp³-hybridized carbons (Fsp3) is 0.0714. The van der Waals surface area contributed by atoms with Crippen LogP contribution < -0.4 is 4.74 Å². The average molecular weight is 350 g/mol. The van der Waals surface area contributed by atoms with E-state index in [1.807, 2.05) is 0 Å². The van der Waals surface area contributed by atoms with E-state index in [0.717, 1.165) is 0 Å². The number of hydrogen-bond donors (Lipinski definition) is 0. The van der Waals surface area contributed by atoms with Gasteiger partial charge in [0.1, 0.15) is 5.75 Å². The Morgan fingerprint density at radius 2 is 1.70 bits per heavy atom. The van der Waals surface area contributed by atoms with E-state index in [0.29, 0.717) is 33.7 Å². The van der Waals surface area contributed by atoms with Crippen molar-refractivity contribution in [2.24, 2.45) is 0 Å². The number of methoxy groups -OCH3 is 1. The highest BCUT2D eigenvalue weighted by atomic mass is 35.5. The van der Waals surface area contributed by atoms with Gasteiger partial charge in [0, 0.05) is 5.56 Å². The van der Waals surface area contributed by atoms with Crippen molar-refractivity contribution in [3.8, 4) is 16.9 Å². The number of ether oxygens (including phenoxy) is 1. The van der Waals surface area contributed by atoms with Gasteiger partial charge in [-0.05, 0) is 23.8 Å². The van der Waals surface area contributed by atoms with Gasteiger partial charge in [-0.15, -0.1) is 0 Å². The molecule has 0 unspecified atom stereocenters. The normalized spacial score (nSPS) is 10.4. The van der Waals surface area contributed by atoms with Crippen molar-refractivity contribution in [3.05, 3.63) is 49.9 Å². The molecule has 0 radical (unpaired) electrons.